The van der Waals surface area contributed by atoms with E-state index in [1.165, 1.54) is 23.5 Å². The molecule has 150 valence electrons. The number of carbonyl (C=O) groups is 3. The summed E-state index contributed by atoms with van der Waals surface area (Å²) in [5.41, 5.74) is 6.48. The SMILES string of the molecule is Cc1nc(COc2cccc(C(=O)OCC(=O)Nc3sccc3C(N)=O)c2)cs1. The molecule has 1 aromatic carbocycles. The van der Waals surface area contributed by atoms with E-state index in [2.05, 4.69) is 10.3 Å². The highest BCUT2D eigenvalue weighted by atomic mass is 32.1. The molecule has 10 heteroatoms. The number of hydrogen-bond donors (Lipinski definition) is 2. The molecule has 0 unspecified atom stereocenters. The Morgan fingerprint density at radius 2 is 2.03 bits per heavy atom. The number of rotatable bonds is 8. The van der Waals surface area contributed by atoms with Crippen LogP contribution in [-0.2, 0) is 16.1 Å². The number of hydrogen-bond acceptors (Lipinski definition) is 8. The van der Waals surface area contributed by atoms with Crippen molar-refractivity contribution in [1.82, 2.24) is 4.98 Å². The van der Waals surface area contributed by atoms with Crippen LogP contribution in [0.1, 0.15) is 31.4 Å². The summed E-state index contributed by atoms with van der Waals surface area (Å²) in [5, 5.41) is 7.29. The third-order valence-electron chi connectivity index (χ3n) is 3.64. The zero-order chi connectivity index (χ0) is 20.8. The minimum atomic E-state index is -0.670. The summed E-state index contributed by atoms with van der Waals surface area (Å²) in [4.78, 5) is 39.8. The summed E-state index contributed by atoms with van der Waals surface area (Å²) < 4.78 is 10.7. The van der Waals surface area contributed by atoms with Gasteiger partial charge in [0, 0.05) is 5.38 Å². The highest BCUT2D eigenvalue weighted by Crippen LogP contribution is 2.22. The molecule has 0 aliphatic rings. The normalized spacial score (nSPS) is 10.4. The number of aromatic nitrogens is 1. The molecule has 0 saturated heterocycles. The molecule has 2 aromatic heterocycles. The number of nitrogens with zero attached hydrogens (tertiary/aromatic N) is 1. The lowest BCUT2D eigenvalue weighted by molar-refractivity contribution is -0.119. The summed E-state index contributed by atoms with van der Waals surface area (Å²) in [5.74, 6) is -1.41. The van der Waals surface area contributed by atoms with Gasteiger partial charge in [-0.1, -0.05) is 6.07 Å². The van der Waals surface area contributed by atoms with Crippen molar-refractivity contribution in [2.24, 2.45) is 5.73 Å². The van der Waals surface area contributed by atoms with Gasteiger partial charge >= 0.3 is 5.97 Å². The van der Waals surface area contributed by atoms with Crippen LogP contribution >= 0.6 is 22.7 Å². The van der Waals surface area contributed by atoms with Crippen molar-refractivity contribution in [3.8, 4) is 5.75 Å². The number of carbonyl (C=O) groups excluding carboxylic acids is 3. The number of nitrogens with two attached hydrogens (primary N) is 1. The lowest BCUT2D eigenvalue weighted by atomic mass is 10.2. The molecule has 0 radical (unpaired) electrons. The zero-order valence-electron chi connectivity index (χ0n) is 15.3. The molecule has 0 bridgehead atoms. The van der Waals surface area contributed by atoms with E-state index in [1.54, 1.807) is 23.6 Å². The zero-order valence-corrected chi connectivity index (χ0v) is 17.0. The molecule has 0 saturated carbocycles. The molecule has 0 fully saturated rings. The first kappa shape index (κ1) is 20.5. The van der Waals surface area contributed by atoms with Crippen molar-refractivity contribution in [3.63, 3.8) is 0 Å². The monoisotopic (exact) mass is 431 g/mol. The van der Waals surface area contributed by atoms with Crippen LogP contribution in [0.25, 0.3) is 0 Å². The predicted molar refractivity (Wildman–Crippen MR) is 109 cm³/mol. The van der Waals surface area contributed by atoms with Gasteiger partial charge in [-0.15, -0.1) is 22.7 Å². The van der Waals surface area contributed by atoms with Crippen LogP contribution in [0.15, 0.2) is 41.1 Å². The first-order valence-corrected chi connectivity index (χ1v) is 10.2. The van der Waals surface area contributed by atoms with Crippen LogP contribution in [0.3, 0.4) is 0 Å². The van der Waals surface area contributed by atoms with E-state index in [-0.39, 0.29) is 17.7 Å². The molecule has 0 aliphatic carbocycles. The van der Waals surface area contributed by atoms with Gasteiger partial charge in [0.15, 0.2) is 6.61 Å². The molecule has 3 N–H and O–H groups in total. The Balaban J connectivity index is 1.53. The quantitative estimate of drug-likeness (QED) is 0.529. The van der Waals surface area contributed by atoms with Gasteiger partial charge < -0.3 is 20.5 Å². The maximum absolute atomic E-state index is 12.2. The van der Waals surface area contributed by atoms with E-state index < -0.39 is 24.4 Å². The molecule has 29 heavy (non-hydrogen) atoms. The average molecular weight is 431 g/mol. The Morgan fingerprint density at radius 3 is 2.76 bits per heavy atom. The van der Waals surface area contributed by atoms with Crippen LogP contribution in [0.2, 0.25) is 0 Å². The van der Waals surface area contributed by atoms with Crippen molar-refractivity contribution in [1.29, 1.82) is 0 Å². The fraction of sp³-hybridized carbons (Fsp3) is 0.158. The molecular weight excluding hydrogens is 414 g/mol. The Bertz CT molecular complexity index is 1040. The number of nitrogens with one attached hydrogen (secondary N) is 1. The smallest absolute Gasteiger partial charge is 0.338 e. The van der Waals surface area contributed by atoms with Gasteiger partial charge in [0.05, 0.1) is 21.8 Å². The van der Waals surface area contributed by atoms with E-state index in [9.17, 15) is 14.4 Å². The number of amides is 2. The van der Waals surface area contributed by atoms with Crippen LogP contribution in [-0.4, -0.2) is 29.4 Å². The Hall–Kier alpha value is -3.24. The second kappa shape index (κ2) is 9.30. The number of esters is 1. The van der Waals surface area contributed by atoms with E-state index >= 15 is 0 Å². The van der Waals surface area contributed by atoms with E-state index in [0.29, 0.717) is 10.8 Å². The van der Waals surface area contributed by atoms with Crippen LogP contribution < -0.4 is 15.8 Å². The minimum Gasteiger partial charge on any atom is -0.487 e. The van der Waals surface area contributed by atoms with Crippen LogP contribution in [0.5, 0.6) is 5.75 Å². The van der Waals surface area contributed by atoms with E-state index in [4.69, 9.17) is 15.2 Å². The lowest BCUT2D eigenvalue weighted by Gasteiger charge is -2.08. The summed E-state index contributed by atoms with van der Waals surface area (Å²) in [6.07, 6.45) is 0. The summed E-state index contributed by atoms with van der Waals surface area (Å²) in [6, 6.07) is 7.97. The second-order valence-electron chi connectivity index (χ2n) is 5.83. The molecule has 2 heterocycles. The number of primary amides is 1. The number of aryl methyl sites for hydroxylation is 1. The topological polar surface area (TPSA) is 121 Å². The molecule has 2 amide bonds. The van der Waals surface area contributed by atoms with Crippen molar-refractivity contribution >= 4 is 45.5 Å². The fourth-order valence-electron chi connectivity index (χ4n) is 2.32. The third kappa shape index (κ3) is 5.62. The van der Waals surface area contributed by atoms with Gasteiger partial charge in [-0.3, -0.25) is 9.59 Å². The molecule has 3 aromatic rings. The number of anilines is 1. The minimum absolute atomic E-state index is 0.204. The van der Waals surface area contributed by atoms with Crippen molar-refractivity contribution in [2.45, 2.75) is 13.5 Å². The molecule has 3 rings (SSSR count). The Labute approximate surface area is 174 Å². The summed E-state index contributed by atoms with van der Waals surface area (Å²) >= 11 is 2.68. The number of thiophene rings is 1. The standard InChI is InChI=1S/C19H17N3O5S2/c1-11-21-13(10-29-11)8-26-14-4-2-3-12(7-14)19(25)27-9-16(23)22-18-15(17(20)24)5-6-28-18/h2-7,10H,8-9H2,1H3,(H2,20,24)(H,22,23). The lowest BCUT2D eigenvalue weighted by Crippen LogP contribution is -2.22. The first-order chi connectivity index (χ1) is 13.9. The highest BCUT2D eigenvalue weighted by molar-refractivity contribution is 7.14. The molecular formula is C19H17N3O5S2. The average Bonchev–Trinajstić information content (AvgIpc) is 3.33. The Kier molecular flexibility index (Phi) is 6.57. The van der Waals surface area contributed by atoms with Gasteiger partial charge in [0.1, 0.15) is 17.4 Å². The maximum atomic E-state index is 12.2. The molecule has 0 spiro atoms. The first-order valence-electron chi connectivity index (χ1n) is 8.40. The second-order valence-corrected chi connectivity index (χ2v) is 7.80. The maximum Gasteiger partial charge on any atom is 0.338 e. The summed E-state index contributed by atoms with van der Waals surface area (Å²) in [7, 11) is 0. The van der Waals surface area contributed by atoms with Crippen molar-refractivity contribution in [3.05, 3.63) is 62.9 Å². The van der Waals surface area contributed by atoms with E-state index in [1.807, 2.05) is 12.3 Å². The van der Waals surface area contributed by atoms with Gasteiger partial charge in [0.25, 0.3) is 11.8 Å². The molecule has 0 atom stereocenters. The van der Waals surface area contributed by atoms with Crippen LogP contribution in [0.4, 0.5) is 5.00 Å². The third-order valence-corrected chi connectivity index (χ3v) is 5.29. The summed E-state index contributed by atoms with van der Waals surface area (Å²) in [6.45, 7) is 1.69. The Morgan fingerprint density at radius 1 is 1.21 bits per heavy atom. The van der Waals surface area contributed by atoms with Gasteiger partial charge in [-0.25, -0.2) is 9.78 Å². The number of ether oxygens (including phenoxy) is 2. The number of thiazole rings is 1. The largest absolute Gasteiger partial charge is 0.487 e. The predicted octanol–water partition coefficient (Wildman–Crippen LogP) is 2.99. The van der Waals surface area contributed by atoms with Gasteiger partial charge in [-0.05, 0) is 36.6 Å². The fourth-order valence-corrected chi connectivity index (χ4v) is 3.73. The molecule has 8 nitrogen and oxygen atoms in total. The van der Waals surface area contributed by atoms with E-state index in [0.717, 1.165) is 22.0 Å². The van der Waals surface area contributed by atoms with Crippen molar-refractivity contribution < 1.29 is 23.9 Å². The molecule has 0 aliphatic heterocycles. The van der Waals surface area contributed by atoms with Gasteiger partial charge in [-0.2, -0.15) is 0 Å². The van der Waals surface area contributed by atoms with Gasteiger partial charge in [0.2, 0.25) is 0 Å². The number of benzene rings is 1. The van der Waals surface area contributed by atoms with Crippen molar-refractivity contribution in [2.75, 3.05) is 11.9 Å². The van der Waals surface area contributed by atoms with Crippen LogP contribution in [0, 0.1) is 6.92 Å². The highest BCUT2D eigenvalue weighted by Gasteiger charge is 2.15.